The molecule has 1 amide bonds. The Kier molecular flexibility index (Phi) is 9.53. The van der Waals surface area contributed by atoms with Crippen LogP contribution in [0.5, 0.6) is 0 Å². The molecule has 0 aliphatic rings. The average molecular weight is 169 g/mol. The van der Waals surface area contributed by atoms with Crippen molar-refractivity contribution < 1.29 is 14.7 Å². The van der Waals surface area contributed by atoms with E-state index in [1.807, 2.05) is 0 Å². The summed E-state index contributed by atoms with van der Waals surface area (Å²) >= 11 is 0. The molecule has 0 bridgehead atoms. The summed E-state index contributed by atoms with van der Waals surface area (Å²) in [5.74, 6) is 2.79. The normalized spacial score (nSPS) is 8.50. The molecule has 5 nitrogen and oxygen atoms in total. The van der Waals surface area contributed by atoms with Crippen LogP contribution in [-0.2, 0) is 9.59 Å². The van der Waals surface area contributed by atoms with Crippen molar-refractivity contribution in [2.75, 3.05) is 0 Å². The Bertz CT molecular complexity index is 157. The number of nitrogens with two attached hydrogens (primary N) is 1. The Labute approximate surface area is 100 Å². The van der Waals surface area contributed by atoms with E-state index in [4.69, 9.17) is 5.11 Å². The number of carboxylic acids is 1. The Balaban J connectivity index is 0. The number of nitrogens with one attached hydrogen (secondary N) is 1. The number of aliphatic carboxylic acids is 1. The number of hydrogen-bond acceptors (Lipinski definition) is 3. The van der Waals surface area contributed by atoms with Crippen molar-refractivity contribution in [2.45, 2.75) is 0 Å². The molecule has 0 aromatic carbocycles. The quantitative estimate of drug-likeness (QED) is 0.150. The maximum absolute atomic E-state index is 10.1. The molecule has 0 atom stereocenters. The molecule has 0 aliphatic carbocycles. The number of amides is 1. The number of carbonyl (C=O) groups excluding carboxylic acids is 1. The summed E-state index contributed by atoms with van der Waals surface area (Å²) < 4.78 is 0. The third-order valence-corrected chi connectivity index (χ3v) is 0.520. The molecule has 6 heteroatoms. The molecule has 0 aromatic rings. The van der Waals surface area contributed by atoms with E-state index in [1.165, 1.54) is 0 Å². The van der Waals surface area contributed by atoms with Crippen LogP contribution in [0.1, 0.15) is 0 Å². The van der Waals surface area contributed by atoms with Crippen molar-refractivity contribution in [3.05, 3.63) is 12.2 Å². The Morgan fingerprint density at radius 3 is 2.20 bits per heavy atom. The number of rotatable bonds is 2. The van der Waals surface area contributed by atoms with Crippen molar-refractivity contribution >= 4 is 63.3 Å². The summed E-state index contributed by atoms with van der Waals surface area (Å²) in [5, 5.41) is 7.95. The van der Waals surface area contributed by atoms with Crippen LogP contribution >= 0.6 is 0 Å². The smallest absolute Gasteiger partial charge is 0.328 e. The molecule has 0 fully saturated rings. The fourth-order valence-corrected chi connectivity index (χ4v) is 0.195. The molecular formula is C4H6KN2O3. The van der Waals surface area contributed by atoms with Gasteiger partial charge in [-0.1, -0.05) is 0 Å². The molecular weight excluding hydrogens is 163 g/mol. The van der Waals surface area contributed by atoms with Gasteiger partial charge in [0.05, 0.1) is 0 Å². The van der Waals surface area contributed by atoms with E-state index in [1.54, 1.807) is 5.43 Å². The maximum atomic E-state index is 10.1. The van der Waals surface area contributed by atoms with Gasteiger partial charge < -0.3 is 5.11 Å². The monoisotopic (exact) mass is 169 g/mol. The van der Waals surface area contributed by atoms with E-state index < -0.39 is 11.9 Å². The van der Waals surface area contributed by atoms with Crippen LogP contribution in [0.2, 0.25) is 0 Å². The summed E-state index contributed by atoms with van der Waals surface area (Å²) in [4.78, 5) is 19.8. The second-order valence-corrected chi connectivity index (χ2v) is 1.18. The number of carbonyl (C=O) groups is 2. The minimum Gasteiger partial charge on any atom is -0.478 e. The minimum atomic E-state index is -1.18. The van der Waals surface area contributed by atoms with Gasteiger partial charge in [-0.15, -0.1) is 0 Å². The first-order valence-electron chi connectivity index (χ1n) is 2.08. The van der Waals surface area contributed by atoms with E-state index in [-0.39, 0.29) is 51.4 Å². The van der Waals surface area contributed by atoms with E-state index >= 15 is 0 Å². The molecule has 1 radical (unpaired) electrons. The van der Waals surface area contributed by atoms with Gasteiger partial charge in [-0.2, -0.15) is 0 Å². The number of hydrogen-bond donors (Lipinski definition) is 3. The fourth-order valence-electron chi connectivity index (χ4n) is 0.195. The van der Waals surface area contributed by atoms with Gasteiger partial charge in [0.25, 0.3) is 5.91 Å². The van der Waals surface area contributed by atoms with Gasteiger partial charge in [0, 0.05) is 63.5 Å². The molecule has 4 N–H and O–H groups in total. The topological polar surface area (TPSA) is 92.4 Å². The minimum absolute atomic E-state index is 0. The Morgan fingerprint density at radius 2 is 1.90 bits per heavy atom. The zero-order valence-corrected chi connectivity index (χ0v) is 8.62. The Morgan fingerprint density at radius 1 is 1.40 bits per heavy atom. The van der Waals surface area contributed by atoms with Crippen molar-refractivity contribution in [3.63, 3.8) is 0 Å². The first-order chi connectivity index (χ1) is 4.16. The van der Waals surface area contributed by atoms with Gasteiger partial charge in [-0.25, -0.2) is 10.6 Å². The van der Waals surface area contributed by atoms with Crippen LogP contribution in [0.15, 0.2) is 12.2 Å². The van der Waals surface area contributed by atoms with Crippen molar-refractivity contribution in [2.24, 2.45) is 5.84 Å². The summed E-state index contributed by atoms with van der Waals surface area (Å²) in [6.45, 7) is 0. The third kappa shape index (κ3) is 8.28. The second kappa shape index (κ2) is 7.38. The predicted molar refractivity (Wildman–Crippen MR) is 34.9 cm³/mol. The molecule has 0 saturated heterocycles. The molecule has 0 aliphatic heterocycles. The third-order valence-electron chi connectivity index (χ3n) is 0.520. The molecule has 0 rings (SSSR count). The molecule has 0 spiro atoms. The first kappa shape index (κ1) is 12.9. The van der Waals surface area contributed by atoms with Gasteiger partial charge >= 0.3 is 5.97 Å². The Hall–Kier alpha value is 0.276. The standard InChI is InChI=1S/C4H6N2O3.K/c5-6-3(7)1-2-4(8)9;/h1-2H,5H2,(H,6,7)(H,8,9);. The molecule has 0 aromatic heterocycles. The van der Waals surface area contributed by atoms with Crippen molar-refractivity contribution in [1.82, 2.24) is 5.43 Å². The maximum Gasteiger partial charge on any atom is 0.328 e. The SMILES string of the molecule is NNC(=O)C=CC(=O)O.[K]. The fraction of sp³-hybridized carbons (Fsp3) is 0. The largest absolute Gasteiger partial charge is 0.478 e. The second-order valence-electron chi connectivity index (χ2n) is 1.18. The predicted octanol–water partition coefficient (Wildman–Crippen LogP) is -1.76. The van der Waals surface area contributed by atoms with Gasteiger partial charge in [0.15, 0.2) is 0 Å². The summed E-state index contributed by atoms with van der Waals surface area (Å²) in [6, 6.07) is 0. The molecule has 0 heterocycles. The zero-order valence-electron chi connectivity index (χ0n) is 5.50. The van der Waals surface area contributed by atoms with E-state index in [9.17, 15) is 9.59 Å². The van der Waals surface area contributed by atoms with Crippen LogP contribution in [0.25, 0.3) is 0 Å². The van der Waals surface area contributed by atoms with Crippen LogP contribution in [-0.4, -0.2) is 68.4 Å². The van der Waals surface area contributed by atoms with Crippen molar-refractivity contribution in [3.8, 4) is 0 Å². The summed E-state index contributed by atoms with van der Waals surface area (Å²) in [6.07, 6.45) is 1.52. The van der Waals surface area contributed by atoms with Gasteiger partial charge in [0.2, 0.25) is 0 Å². The molecule has 0 saturated carbocycles. The van der Waals surface area contributed by atoms with Crippen LogP contribution in [0.4, 0.5) is 0 Å². The van der Waals surface area contributed by atoms with Gasteiger partial charge in [-0.3, -0.25) is 10.2 Å². The number of carboxylic acid groups (broad SMARTS) is 1. The molecule has 0 unspecified atom stereocenters. The first-order valence-corrected chi connectivity index (χ1v) is 2.08. The van der Waals surface area contributed by atoms with Crippen LogP contribution in [0.3, 0.4) is 0 Å². The molecule has 10 heavy (non-hydrogen) atoms. The van der Waals surface area contributed by atoms with E-state index in [0.717, 1.165) is 6.08 Å². The van der Waals surface area contributed by atoms with Crippen LogP contribution < -0.4 is 11.3 Å². The molecule has 51 valence electrons. The van der Waals surface area contributed by atoms with E-state index in [2.05, 4.69) is 5.84 Å². The van der Waals surface area contributed by atoms with E-state index in [0.29, 0.717) is 6.08 Å². The number of hydrazine groups is 1. The van der Waals surface area contributed by atoms with Crippen molar-refractivity contribution in [1.29, 1.82) is 0 Å². The van der Waals surface area contributed by atoms with Gasteiger partial charge in [0.1, 0.15) is 0 Å². The average Bonchev–Trinajstić information content (AvgIpc) is 1.83. The zero-order chi connectivity index (χ0) is 7.28. The van der Waals surface area contributed by atoms with Gasteiger partial charge in [-0.05, 0) is 0 Å². The summed E-state index contributed by atoms with van der Waals surface area (Å²) in [7, 11) is 0. The summed E-state index contributed by atoms with van der Waals surface area (Å²) in [5.41, 5.74) is 1.73. The van der Waals surface area contributed by atoms with Crippen LogP contribution in [0, 0.1) is 0 Å².